The molecule has 0 atom stereocenters. The molecule has 0 bridgehead atoms. The van der Waals surface area contributed by atoms with Crippen LogP contribution in [0.25, 0.3) is 0 Å². The van der Waals surface area contributed by atoms with E-state index < -0.39 is 44.9 Å². The standard InChI is InChI=1S/C20H32O8S/c1-15(14-18(22)27-16-8-6-5-7-9-16)19(23)26-11-13-29(24,25)12-10-17(21)28-20(2,3)4/h16H,1,5-14H2,2-4H3. The molecule has 1 aliphatic rings. The second-order valence-corrected chi connectivity index (χ2v) is 10.5. The van der Waals surface area contributed by atoms with Crippen LogP contribution in [0.5, 0.6) is 0 Å². The molecule has 0 aromatic carbocycles. The van der Waals surface area contributed by atoms with Crippen molar-refractivity contribution in [3.8, 4) is 0 Å². The van der Waals surface area contributed by atoms with Gasteiger partial charge in [-0.1, -0.05) is 13.0 Å². The molecule has 0 aromatic heterocycles. The van der Waals surface area contributed by atoms with E-state index in [0.29, 0.717) is 0 Å². The summed E-state index contributed by atoms with van der Waals surface area (Å²) in [6, 6.07) is 0. The third kappa shape index (κ3) is 11.6. The van der Waals surface area contributed by atoms with E-state index in [1.54, 1.807) is 20.8 Å². The van der Waals surface area contributed by atoms with Crippen LogP contribution in [-0.2, 0) is 38.4 Å². The lowest BCUT2D eigenvalue weighted by molar-refractivity contribution is -0.154. The molecule has 0 amide bonds. The summed E-state index contributed by atoms with van der Waals surface area (Å²) in [5, 5.41) is 0. The van der Waals surface area contributed by atoms with E-state index in [4.69, 9.17) is 14.2 Å². The summed E-state index contributed by atoms with van der Waals surface area (Å²) in [6.45, 7) is 8.20. The Morgan fingerprint density at radius 2 is 1.62 bits per heavy atom. The number of carbonyl (C=O) groups excluding carboxylic acids is 3. The van der Waals surface area contributed by atoms with Crippen LogP contribution < -0.4 is 0 Å². The lowest BCUT2D eigenvalue weighted by Crippen LogP contribution is -2.26. The van der Waals surface area contributed by atoms with Crippen LogP contribution in [0.15, 0.2) is 12.2 Å². The zero-order valence-electron chi connectivity index (χ0n) is 17.5. The van der Waals surface area contributed by atoms with Crippen molar-refractivity contribution in [2.45, 2.75) is 77.4 Å². The molecule has 0 aliphatic heterocycles. The van der Waals surface area contributed by atoms with Crippen LogP contribution in [0.4, 0.5) is 0 Å². The van der Waals surface area contributed by atoms with Crippen molar-refractivity contribution in [3.63, 3.8) is 0 Å². The van der Waals surface area contributed by atoms with Gasteiger partial charge in [0.1, 0.15) is 18.3 Å². The molecule has 0 unspecified atom stereocenters. The number of esters is 3. The minimum atomic E-state index is -3.60. The molecule has 1 aliphatic carbocycles. The number of ether oxygens (including phenoxy) is 3. The van der Waals surface area contributed by atoms with Gasteiger partial charge in [0.05, 0.1) is 24.3 Å². The first-order valence-electron chi connectivity index (χ1n) is 9.84. The molecule has 1 fully saturated rings. The largest absolute Gasteiger partial charge is 0.462 e. The van der Waals surface area contributed by atoms with Gasteiger partial charge < -0.3 is 14.2 Å². The molecule has 1 rings (SSSR count). The molecular formula is C20H32O8S. The van der Waals surface area contributed by atoms with Crippen molar-refractivity contribution in [2.24, 2.45) is 0 Å². The van der Waals surface area contributed by atoms with Crippen LogP contribution in [0.2, 0.25) is 0 Å². The Bertz CT molecular complexity index is 696. The van der Waals surface area contributed by atoms with Crippen LogP contribution in [0.3, 0.4) is 0 Å². The molecule has 0 heterocycles. The monoisotopic (exact) mass is 432 g/mol. The van der Waals surface area contributed by atoms with E-state index in [1.807, 2.05) is 0 Å². The summed E-state index contributed by atoms with van der Waals surface area (Å²) < 4.78 is 39.2. The molecule has 166 valence electrons. The lowest BCUT2D eigenvalue weighted by Gasteiger charge is -2.21. The first-order chi connectivity index (χ1) is 13.4. The second kappa shape index (κ2) is 11.3. The van der Waals surface area contributed by atoms with Crippen molar-refractivity contribution in [3.05, 3.63) is 12.2 Å². The lowest BCUT2D eigenvalue weighted by atomic mass is 9.98. The van der Waals surface area contributed by atoms with Crippen molar-refractivity contribution in [2.75, 3.05) is 18.1 Å². The Morgan fingerprint density at radius 3 is 2.21 bits per heavy atom. The molecule has 0 radical (unpaired) electrons. The summed E-state index contributed by atoms with van der Waals surface area (Å²) >= 11 is 0. The number of hydrogen-bond acceptors (Lipinski definition) is 8. The third-order valence-corrected chi connectivity index (χ3v) is 5.78. The minimum Gasteiger partial charge on any atom is -0.462 e. The minimum absolute atomic E-state index is 0.0861. The van der Waals surface area contributed by atoms with E-state index in [2.05, 4.69) is 6.58 Å². The van der Waals surface area contributed by atoms with Crippen LogP contribution in [-0.4, -0.2) is 56.1 Å². The summed E-state index contributed by atoms with van der Waals surface area (Å²) in [5.74, 6) is -2.81. The van der Waals surface area contributed by atoms with Crippen LogP contribution in [0.1, 0.15) is 65.7 Å². The molecule has 0 saturated heterocycles. The van der Waals surface area contributed by atoms with Gasteiger partial charge in [-0.3, -0.25) is 9.59 Å². The Hall–Kier alpha value is -1.90. The summed E-state index contributed by atoms with van der Waals surface area (Å²) in [5.41, 5.74) is -0.772. The fourth-order valence-corrected chi connectivity index (χ4v) is 3.77. The number of carbonyl (C=O) groups is 3. The van der Waals surface area contributed by atoms with Crippen molar-refractivity contribution < 1.29 is 37.0 Å². The van der Waals surface area contributed by atoms with Gasteiger partial charge in [0.2, 0.25) is 0 Å². The highest BCUT2D eigenvalue weighted by Crippen LogP contribution is 2.21. The third-order valence-electron chi connectivity index (χ3n) is 4.16. The zero-order chi connectivity index (χ0) is 22.1. The van der Waals surface area contributed by atoms with E-state index >= 15 is 0 Å². The SMILES string of the molecule is C=C(CC(=O)OC1CCCCC1)C(=O)OCCS(=O)(=O)CCC(=O)OC(C)(C)C. The molecule has 9 heteroatoms. The van der Waals surface area contributed by atoms with Crippen molar-refractivity contribution in [1.82, 2.24) is 0 Å². The average Bonchev–Trinajstić information content (AvgIpc) is 2.59. The first-order valence-corrected chi connectivity index (χ1v) is 11.7. The fourth-order valence-electron chi connectivity index (χ4n) is 2.75. The van der Waals surface area contributed by atoms with E-state index in [1.165, 1.54) is 0 Å². The van der Waals surface area contributed by atoms with Crippen molar-refractivity contribution >= 4 is 27.7 Å². The summed E-state index contributed by atoms with van der Waals surface area (Å²) in [4.78, 5) is 35.4. The Labute approximate surface area is 172 Å². The molecule has 0 spiro atoms. The Balaban J connectivity index is 2.29. The van der Waals surface area contributed by atoms with Gasteiger partial charge in [-0.2, -0.15) is 0 Å². The van der Waals surface area contributed by atoms with Gasteiger partial charge in [-0.15, -0.1) is 0 Å². The molecule has 1 saturated carbocycles. The van der Waals surface area contributed by atoms with Gasteiger partial charge in [0.15, 0.2) is 9.84 Å². The predicted molar refractivity (Wildman–Crippen MR) is 107 cm³/mol. The first kappa shape index (κ1) is 25.1. The highest BCUT2D eigenvalue weighted by atomic mass is 32.2. The number of rotatable bonds is 10. The van der Waals surface area contributed by atoms with Gasteiger partial charge in [0.25, 0.3) is 0 Å². The average molecular weight is 433 g/mol. The van der Waals surface area contributed by atoms with E-state index in [9.17, 15) is 22.8 Å². The molecule has 0 N–H and O–H groups in total. The summed E-state index contributed by atoms with van der Waals surface area (Å²) in [7, 11) is -3.60. The molecule has 0 aromatic rings. The van der Waals surface area contributed by atoms with Crippen LogP contribution >= 0.6 is 0 Å². The van der Waals surface area contributed by atoms with E-state index in [-0.39, 0.29) is 31.1 Å². The second-order valence-electron chi connectivity index (χ2n) is 8.15. The topological polar surface area (TPSA) is 113 Å². The number of hydrogen-bond donors (Lipinski definition) is 0. The molecule has 8 nitrogen and oxygen atoms in total. The Morgan fingerprint density at radius 1 is 1.00 bits per heavy atom. The van der Waals surface area contributed by atoms with Gasteiger partial charge in [0, 0.05) is 5.57 Å². The normalized spacial score (nSPS) is 15.4. The Kier molecular flexibility index (Phi) is 9.82. The van der Waals surface area contributed by atoms with E-state index in [0.717, 1.165) is 32.1 Å². The van der Waals surface area contributed by atoms with Gasteiger partial charge >= 0.3 is 17.9 Å². The van der Waals surface area contributed by atoms with Crippen LogP contribution in [0, 0.1) is 0 Å². The van der Waals surface area contributed by atoms with Crippen molar-refractivity contribution in [1.29, 1.82) is 0 Å². The fraction of sp³-hybridized carbons (Fsp3) is 0.750. The van der Waals surface area contributed by atoms with Gasteiger partial charge in [-0.05, 0) is 46.5 Å². The smallest absolute Gasteiger partial charge is 0.334 e. The molecular weight excluding hydrogens is 400 g/mol. The quantitative estimate of drug-likeness (QED) is 0.294. The van der Waals surface area contributed by atoms with Gasteiger partial charge in [-0.25, -0.2) is 13.2 Å². The highest BCUT2D eigenvalue weighted by molar-refractivity contribution is 7.91. The maximum absolute atomic E-state index is 12.0. The summed E-state index contributed by atoms with van der Waals surface area (Å²) in [6.07, 6.45) is 4.14. The predicted octanol–water partition coefficient (Wildman–Crippen LogP) is 2.50. The maximum atomic E-state index is 12.0. The highest BCUT2D eigenvalue weighted by Gasteiger charge is 2.22. The zero-order valence-corrected chi connectivity index (χ0v) is 18.3. The maximum Gasteiger partial charge on any atom is 0.334 e. The molecule has 29 heavy (non-hydrogen) atoms. The number of sulfone groups is 1.